The number of aromatic nitrogens is 3. The Morgan fingerprint density at radius 1 is 0.617 bits per heavy atom. The van der Waals surface area contributed by atoms with E-state index < -0.39 is 217 Å². The summed E-state index contributed by atoms with van der Waals surface area (Å²) in [6.07, 6.45) is -2.68. The van der Waals surface area contributed by atoms with Gasteiger partial charge in [0.2, 0.25) is 47.3 Å². The van der Waals surface area contributed by atoms with Crippen LogP contribution in [0.2, 0.25) is 0 Å². The van der Waals surface area contributed by atoms with E-state index in [2.05, 4.69) is 52.2 Å². The number of Topliss-reactive ketones (excluding diaryl/α,β-unsaturated/α-hetero) is 7. The first kappa shape index (κ1) is 93.4. The van der Waals surface area contributed by atoms with Crippen molar-refractivity contribution in [2.45, 2.75) is 239 Å². The van der Waals surface area contributed by atoms with Gasteiger partial charge in [0, 0.05) is 117 Å². The number of rotatable bonds is 41. The molecule has 30 nitrogen and oxygen atoms in total. The van der Waals surface area contributed by atoms with Crippen LogP contribution in [-0.2, 0) is 97.6 Å². The quantitative estimate of drug-likeness (QED) is 0.0250. The number of imidazole rings is 1. The normalized spacial score (nSPS) is 19.3. The molecule has 1 aliphatic rings. The van der Waals surface area contributed by atoms with Crippen LogP contribution in [0.5, 0.6) is 5.75 Å². The molecule has 8 amide bonds. The summed E-state index contributed by atoms with van der Waals surface area (Å²) in [7, 11) is 0. The number of primary amides is 1. The first-order valence-electron chi connectivity index (χ1n) is 40.0. The number of aromatic amines is 2. The number of H-pyrrole nitrogens is 2. The molecule has 0 bridgehead atoms. The van der Waals surface area contributed by atoms with Crippen LogP contribution in [0, 0.1) is 47.3 Å². The van der Waals surface area contributed by atoms with Gasteiger partial charge in [-0.25, -0.2) is 4.98 Å². The highest BCUT2D eigenvalue weighted by Gasteiger charge is 2.40. The molecule has 1 aliphatic heterocycles. The Labute approximate surface area is 670 Å². The molecule has 0 unspecified atom stereocenters. The molecule has 115 heavy (non-hydrogen) atoms. The van der Waals surface area contributed by atoms with Crippen LogP contribution in [0.4, 0.5) is 0 Å². The molecule has 0 saturated carbocycles. The first-order valence-corrected chi connectivity index (χ1v) is 40.0. The Bertz CT molecular complexity index is 4120. The van der Waals surface area contributed by atoms with E-state index in [1.165, 1.54) is 57.6 Å². The molecular weight excluding hydrogens is 1480 g/mol. The number of nitrogens with one attached hydrogen (secondary N) is 9. The maximum Gasteiger partial charge on any atom is 0.226 e. The fraction of sp³-hybridized carbons (Fsp3) is 0.553. The Balaban J connectivity index is 1.41. The number of ketones is 7. The smallest absolute Gasteiger partial charge is 0.226 e. The minimum absolute atomic E-state index is 0.00984. The second kappa shape index (κ2) is 46.8. The molecule has 15 N–H and O–H groups in total. The maximum absolute atomic E-state index is 15.5. The van der Waals surface area contributed by atoms with Crippen LogP contribution in [0.15, 0.2) is 97.6 Å². The third-order valence-electron chi connectivity index (χ3n) is 20.8. The number of aliphatic hydroxyl groups is 3. The van der Waals surface area contributed by atoms with Gasteiger partial charge in [-0.15, -0.1) is 0 Å². The number of nitrogens with zero attached hydrogens (tertiary/aromatic N) is 1. The van der Waals surface area contributed by atoms with Gasteiger partial charge in [-0.1, -0.05) is 102 Å². The number of aliphatic hydroxyl groups excluding tert-OH is 3. The number of unbranched alkanes of at least 4 members (excludes halogenated alkanes) is 1. The number of phenols is 1. The summed E-state index contributed by atoms with van der Waals surface area (Å²) in [4.78, 5) is 226. The van der Waals surface area contributed by atoms with Crippen LogP contribution >= 0.6 is 0 Å². The number of fused-ring (bicyclic) bond motifs is 1. The molecule has 1 fully saturated rings. The lowest BCUT2D eigenvalue weighted by Gasteiger charge is -2.28. The molecule has 1 saturated heterocycles. The van der Waals surface area contributed by atoms with Crippen molar-refractivity contribution in [2.24, 2.45) is 53.1 Å². The molecule has 626 valence electrons. The summed E-state index contributed by atoms with van der Waals surface area (Å²) < 4.78 is 0. The highest BCUT2D eigenvalue weighted by molar-refractivity contribution is 6.01. The maximum atomic E-state index is 15.5. The standard InChI is InChI=1S/C85H117N11O19/c1-9-10-23-71(102)70(46-97)95-85(115)64(51(7)99)42-75(106)67(32-49(4)5)92-80(110)55(26-29-77(86)108)38-72(103)66-22-16-17-30-88-78(109)43-69(94-81(111)57(34-53-18-12-11-13-19-53)41-76(107)79(52(8)100)96-84(114)56(31-48(2)3)33-50(6)98)74(105)40-59(37-61-45-87-47-90-61)83(113)93-68(35-54-24-27-62(101)28-25-54)73(104)39-58(82(112)91-66)36-60-44-89-65-21-15-14-20-63(60)65/h11-15,18-21,24-25,27-28,44-45,47-49,51-52,55-59,64,66-70,79,89,97,99-101H,9-10,16-17,22-23,26,29-43,46H2,1-8H3,(H2,86,108)(H,87,90)(H,88,109)(H,91,112)(H,92,110)(H,93,113)(H,94,111)(H,95,115)(H,96,114)/t51-,52-,55-,56-,57-,58-,59-,64+,66+,67+,68+,69+,70+,79+/m1/s1. The van der Waals surface area contributed by atoms with Crippen molar-refractivity contribution < 1.29 is 92.3 Å². The van der Waals surface area contributed by atoms with Gasteiger partial charge in [-0.2, -0.15) is 0 Å². The zero-order valence-corrected chi connectivity index (χ0v) is 67.2. The lowest BCUT2D eigenvalue weighted by atomic mass is 9.87. The molecule has 0 aliphatic carbocycles. The predicted molar refractivity (Wildman–Crippen MR) is 426 cm³/mol. The number of carbonyl (C=O) groups excluding carboxylic acids is 15. The predicted octanol–water partition coefficient (Wildman–Crippen LogP) is 4.81. The number of benzene rings is 3. The Morgan fingerprint density at radius 2 is 1.27 bits per heavy atom. The second-order valence-corrected chi connectivity index (χ2v) is 31.6. The van der Waals surface area contributed by atoms with Gasteiger partial charge in [0.05, 0.1) is 67.6 Å². The molecule has 5 aromatic rings. The van der Waals surface area contributed by atoms with Crippen molar-refractivity contribution in [1.29, 1.82) is 0 Å². The molecule has 3 aromatic carbocycles. The van der Waals surface area contributed by atoms with Gasteiger partial charge in [0.25, 0.3) is 0 Å². The van der Waals surface area contributed by atoms with Gasteiger partial charge in [0.1, 0.15) is 23.6 Å². The number of hydrogen-bond acceptors (Lipinski definition) is 20. The molecule has 2 aromatic heterocycles. The number of carbonyl (C=O) groups is 15. The number of nitrogens with two attached hydrogens (primary N) is 1. The van der Waals surface area contributed by atoms with Gasteiger partial charge in [0.15, 0.2) is 34.7 Å². The van der Waals surface area contributed by atoms with E-state index in [0.29, 0.717) is 46.1 Å². The van der Waals surface area contributed by atoms with Crippen LogP contribution in [0.3, 0.4) is 0 Å². The van der Waals surface area contributed by atoms with E-state index in [1.54, 1.807) is 74.6 Å². The van der Waals surface area contributed by atoms with Gasteiger partial charge >= 0.3 is 0 Å². The summed E-state index contributed by atoms with van der Waals surface area (Å²) in [5.41, 5.74) is 8.29. The van der Waals surface area contributed by atoms with E-state index >= 15 is 28.8 Å². The Morgan fingerprint density at radius 3 is 1.90 bits per heavy atom. The molecule has 6 rings (SSSR count). The monoisotopic (exact) mass is 1600 g/mol. The van der Waals surface area contributed by atoms with Gasteiger partial charge in [-0.3, -0.25) is 67.1 Å². The van der Waals surface area contributed by atoms with Crippen molar-refractivity contribution in [1.82, 2.24) is 52.2 Å². The molecule has 30 heteroatoms. The van der Waals surface area contributed by atoms with Gasteiger partial charge in [-0.05, 0) is 132 Å². The lowest BCUT2D eigenvalue weighted by molar-refractivity contribution is -0.138. The van der Waals surface area contributed by atoms with Crippen LogP contribution in [0.25, 0.3) is 10.9 Å². The fourth-order valence-corrected chi connectivity index (χ4v) is 14.4. The summed E-state index contributed by atoms with van der Waals surface area (Å²) in [5, 5.41) is 62.1. The summed E-state index contributed by atoms with van der Waals surface area (Å²) in [6.45, 7) is 12.1. The minimum atomic E-state index is -1.72. The lowest BCUT2D eigenvalue weighted by Crippen LogP contribution is -2.52. The Hall–Kier alpha value is -10.5. The number of aromatic hydroxyl groups is 1. The zero-order valence-electron chi connectivity index (χ0n) is 67.2. The van der Waals surface area contributed by atoms with Crippen LogP contribution in [0.1, 0.15) is 187 Å². The van der Waals surface area contributed by atoms with Gasteiger partial charge < -0.3 is 78.1 Å². The number of phenolic OH excluding ortho intramolecular Hbond substituents is 1. The number of amides is 8. The molecule has 0 spiro atoms. The van der Waals surface area contributed by atoms with E-state index in [1.807, 2.05) is 20.8 Å². The molecular formula is C85H117N11O19. The van der Waals surface area contributed by atoms with Crippen molar-refractivity contribution in [3.8, 4) is 5.75 Å². The van der Waals surface area contributed by atoms with Crippen molar-refractivity contribution in [3.63, 3.8) is 0 Å². The van der Waals surface area contributed by atoms with Crippen LogP contribution in [-0.4, -0.2) is 185 Å². The van der Waals surface area contributed by atoms with E-state index in [4.69, 9.17) is 5.73 Å². The third kappa shape index (κ3) is 31.0. The fourth-order valence-electron chi connectivity index (χ4n) is 14.4. The number of hydrogen-bond donors (Lipinski definition) is 14. The highest BCUT2D eigenvalue weighted by Crippen LogP contribution is 2.28. The summed E-state index contributed by atoms with van der Waals surface area (Å²) in [6, 6.07) is 12.6. The third-order valence-corrected chi connectivity index (χ3v) is 20.8. The van der Waals surface area contributed by atoms with Crippen molar-refractivity contribution in [3.05, 3.63) is 120 Å². The Kier molecular flexibility index (Phi) is 38.0. The van der Waals surface area contributed by atoms with Crippen molar-refractivity contribution in [2.75, 3.05) is 13.2 Å². The van der Waals surface area contributed by atoms with E-state index in [-0.39, 0.29) is 107 Å². The summed E-state index contributed by atoms with van der Waals surface area (Å²) >= 11 is 0. The highest BCUT2D eigenvalue weighted by atomic mass is 16.3. The van der Waals surface area contributed by atoms with Crippen LogP contribution < -0.4 is 43.0 Å². The topological polar surface area (TPSA) is 492 Å². The average Bonchev–Trinajstić information content (AvgIpc) is 1.66. The largest absolute Gasteiger partial charge is 0.508 e. The molecule has 3 heterocycles. The minimum Gasteiger partial charge on any atom is -0.508 e. The molecule has 0 radical (unpaired) electrons. The number of para-hydroxylation sites is 1. The van der Waals surface area contributed by atoms with E-state index in [0.717, 1.165) is 0 Å². The summed E-state index contributed by atoms with van der Waals surface area (Å²) in [5.74, 6) is -19.3. The van der Waals surface area contributed by atoms with E-state index in [9.17, 15) is 63.6 Å². The zero-order chi connectivity index (χ0) is 84.6. The van der Waals surface area contributed by atoms with Crippen molar-refractivity contribution >= 4 is 98.6 Å². The first-order chi connectivity index (χ1) is 54.6. The second-order valence-electron chi connectivity index (χ2n) is 31.6. The molecule has 14 atom stereocenters. The average molecular weight is 1600 g/mol. The SMILES string of the molecule is CCCCC(=O)[C@H](CO)NC(=O)[C@@H](CC(=O)[C@H](CC(C)C)NC(=O)[C@H](CCC(N)=O)CC(=O)[C@@H]1CCCCNC(=O)C[C@H](NC(=O)[C@@H](CC(=O)[C@@H](NC(=O)[C@@H](CC(C)=O)CC(C)C)[C@@H](C)O)Cc2ccccc2)C(=O)C[C@@H](Cc2cnc[nH]2)C(=O)N[C@@H](Cc2ccc(O)cc2)C(=O)C[C@@H](Cc2c[nH]c3ccccc23)C(=O)N1)[C@@H](C)O.